The van der Waals surface area contributed by atoms with Gasteiger partial charge in [-0.1, -0.05) is 57.3 Å². The van der Waals surface area contributed by atoms with Gasteiger partial charge in [-0.3, -0.25) is 4.79 Å². The number of hydrogen-bond acceptors (Lipinski definition) is 14. The molecule has 9 aliphatic carbocycles. The van der Waals surface area contributed by atoms with Gasteiger partial charge in [0, 0.05) is 47.9 Å². The third-order valence-electron chi connectivity index (χ3n) is 23.6. The average molecular weight is 1050 g/mol. The third kappa shape index (κ3) is 8.50. The zero-order valence-electron chi connectivity index (χ0n) is 45.5. The van der Waals surface area contributed by atoms with Crippen LogP contribution < -0.4 is 16.4 Å². The fourth-order valence-electron chi connectivity index (χ4n) is 20.4. The monoisotopic (exact) mass is 1050 g/mol. The molecule has 420 valence electrons. The minimum absolute atomic E-state index is 0.0149. The Kier molecular flexibility index (Phi) is 14.7. The molecule has 0 aromatic rings. The molecule has 7 saturated carbocycles. The van der Waals surface area contributed by atoms with Gasteiger partial charge in [0.15, 0.2) is 5.78 Å². The number of fused-ring (bicyclic) bond motifs is 5. The Morgan fingerprint density at radius 3 is 2.37 bits per heavy atom. The summed E-state index contributed by atoms with van der Waals surface area (Å²) in [5.74, 6) is -3.40. The van der Waals surface area contributed by atoms with Crippen LogP contribution in [0.2, 0.25) is 0 Å². The maximum absolute atomic E-state index is 16.1. The Labute approximate surface area is 446 Å². The average Bonchev–Trinajstić information content (AvgIpc) is 4.05. The van der Waals surface area contributed by atoms with E-state index in [0.717, 1.165) is 88.3 Å². The molecule has 1 unspecified atom stereocenters. The maximum atomic E-state index is 16.1. The number of allylic oxidation sites excluding steroid dienone is 5. The summed E-state index contributed by atoms with van der Waals surface area (Å²) in [5, 5.41) is 121. The van der Waals surface area contributed by atoms with Crippen LogP contribution >= 0.6 is 0 Å². The van der Waals surface area contributed by atoms with Gasteiger partial charge < -0.3 is 67.1 Å². The van der Waals surface area contributed by atoms with Crippen LogP contribution in [0.4, 0.5) is 0 Å². The second kappa shape index (κ2) is 20.1. The molecule has 0 bridgehead atoms. The number of dihydropyridines is 1. The van der Waals surface area contributed by atoms with E-state index in [2.05, 4.69) is 17.6 Å². The van der Waals surface area contributed by atoms with Crippen LogP contribution in [0, 0.1) is 63.6 Å². The zero-order valence-corrected chi connectivity index (χ0v) is 45.5. The van der Waals surface area contributed by atoms with Crippen molar-refractivity contribution in [3.63, 3.8) is 0 Å². The van der Waals surface area contributed by atoms with Crippen molar-refractivity contribution in [2.75, 3.05) is 13.2 Å². The number of aliphatic hydroxyl groups excluding tert-OH is 5. The summed E-state index contributed by atoms with van der Waals surface area (Å²) in [4.78, 5) is 16.1. The second-order valence-corrected chi connectivity index (χ2v) is 27.5. The van der Waals surface area contributed by atoms with Gasteiger partial charge in [-0.05, 0) is 194 Å². The van der Waals surface area contributed by atoms with Gasteiger partial charge in [-0.2, -0.15) is 0 Å². The van der Waals surface area contributed by atoms with Gasteiger partial charge in [-0.15, -0.1) is 0 Å². The van der Waals surface area contributed by atoms with Gasteiger partial charge in [0.25, 0.3) is 0 Å². The molecular formula is C61H95N3O11. The molecule has 14 nitrogen and oxygen atoms in total. The first kappa shape index (κ1) is 54.7. The Hall–Kier alpha value is -2.21. The molecule has 0 radical (unpaired) electrons. The third-order valence-corrected chi connectivity index (χ3v) is 23.6. The minimum atomic E-state index is -1.93. The van der Waals surface area contributed by atoms with Crippen molar-refractivity contribution < 1.29 is 55.5 Å². The largest absolute Gasteiger partial charge is 0.396 e. The number of carbonyl (C=O) groups is 1. The van der Waals surface area contributed by atoms with Crippen LogP contribution in [-0.2, 0) is 9.53 Å². The van der Waals surface area contributed by atoms with E-state index >= 15 is 4.79 Å². The first-order chi connectivity index (χ1) is 35.7. The molecule has 75 heavy (non-hydrogen) atoms. The molecule has 2 spiro atoms. The van der Waals surface area contributed by atoms with E-state index in [1.54, 1.807) is 13.8 Å². The summed E-state index contributed by atoms with van der Waals surface area (Å²) in [6, 6.07) is 0. The van der Waals surface area contributed by atoms with Crippen LogP contribution in [0.3, 0.4) is 0 Å². The molecule has 8 fully saturated rings. The predicted molar refractivity (Wildman–Crippen MR) is 284 cm³/mol. The van der Waals surface area contributed by atoms with Crippen LogP contribution in [0.15, 0.2) is 46.8 Å². The molecule has 11 rings (SSSR count). The van der Waals surface area contributed by atoms with Crippen molar-refractivity contribution in [3.05, 3.63) is 46.8 Å². The molecule has 2 aliphatic heterocycles. The van der Waals surface area contributed by atoms with Gasteiger partial charge in [0.05, 0.1) is 65.3 Å². The number of hydrogen-bond donors (Lipinski definition) is 12. The Bertz CT molecular complexity index is 2270. The quantitative estimate of drug-likeness (QED) is 0.106. The number of nitrogens with one attached hydrogen (secondary N) is 2. The number of rotatable bonds is 12. The lowest BCUT2D eigenvalue weighted by molar-refractivity contribution is -0.277. The smallest absolute Gasteiger partial charge is 0.182 e. The normalized spacial score (nSPS) is 47.6. The topological polar surface area (TPSA) is 258 Å². The van der Waals surface area contributed by atoms with E-state index in [0.29, 0.717) is 43.6 Å². The summed E-state index contributed by atoms with van der Waals surface area (Å²) in [5.41, 5.74) is -0.988. The highest BCUT2D eigenvalue weighted by atomic mass is 16.5. The number of carbonyl (C=O) groups excluding carboxylic acids is 1. The minimum Gasteiger partial charge on any atom is -0.396 e. The van der Waals surface area contributed by atoms with Crippen molar-refractivity contribution in [3.8, 4) is 0 Å². The van der Waals surface area contributed by atoms with Crippen molar-refractivity contribution in [1.29, 1.82) is 0 Å². The fraction of sp³-hybridized carbons (Fsp3) is 0.852. The van der Waals surface area contributed by atoms with Crippen LogP contribution in [0.5, 0.6) is 0 Å². The van der Waals surface area contributed by atoms with Crippen LogP contribution in [0.1, 0.15) is 181 Å². The highest BCUT2D eigenvalue weighted by molar-refractivity contribution is 6.00. The van der Waals surface area contributed by atoms with E-state index in [4.69, 9.17) is 10.5 Å². The number of Topliss-reactive ketones (excluding diaryl/α,β-unsaturated/α-hetero) is 1. The number of ketones is 1. The van der Waals surface area contributed by atoms with Gasteiger partial charge in [-0.25, -0.2) is 0 Å². The lowest BCUT2D eigenvalue weighted by atomic mass is 9.37. The summed E-state index contributed by atoms with van der Waals surface area (Å²) >= 11 is 0. The Morgan fingerprint density at radius 2 is 1.65 bits per heavy atom. The molecule has 2 heterocycles. The molecule has 20 atom stereocenters. The van der Waals surface area contributed by atoms with Gasteiger partial charge >= 0.3 is 0 Å². The molecule has 0 aromatic heterocycles. The van der Waals surface area contributed by atoms with E-state index in [1.165, 1.54) is 12.8 Å². The van der Waals surface area contributed by atoms with Gasteiger partial charge in [0.1, 0.15) is 5.60 Å². The lowest BCUT2D eigenvalue weighted by Crippen LogP contribution is -2.74. The fourth-order valence-corrected chi connectivity index (χ4v) is 20.4. The Balaban J connectivity index is 1.11. The summed E-state index contributed by atoms with van der Waals surface area (Å²) < 4.78 is 7.19. The maximum Gasteiger partial charge on any atom is 0.182 e. The van der Waals surface area contributed by atoms with Crippen LogP contribution in [-0.4, -0.2) is 130 Å². The number of ether oxygens (including phenoxy) is 1. The van der Waals surface area contributed by atoms with Crippen molar-refractivity contribution in [1.82, 2.24) is 10.6 Å². The molecule has 11 aliphatic rings. The zero-order chi connectivity index (χ0) is 53.1. The highest BCUT2D eigenvalue weighted by Crippen LogP contribution is 2.77. The molecule has 1 saturated heterocycles. The van der Waals surface area contributed by atoms with Gasteiger partial charge in [0.2, 0.25) is 0 Å². The van der Waals surface area contributed by atoms with E-state index < -0.39 is 99.5 Å². The first-order valence-electron chi connectivity index (χ1n) is 30.2. The van der Waals surface area contributed by atoms with E-state index in [-0.39, 0.29) is 86.5 Å². The molecule has 0 amide bonds. The Morgan fingerprint density at radius 1 is 0.907 bits per heavy atom. The van der Waals surface area contributed by atoms with Crippen molar-refractivity contribution in [2.45, 2.75) is 246 Å². The van der Waals surface area contributed by atoms with E-state index in [9.17, 15) is 46.0 Å². The number of nitrogens with two attached hydrogens (primary N) is 1. The summed E-state index contributed by atoms with van der Waals surface area (Å²) in [6.07, 6.45) is 19.1. The summed E-state index contributed by atoms with van der Waals surface area (Å²) in [7, 11) is 0. The molecule has 0 aromatic carbocycles. The van der Waals surface area contributed by atoms with Crippen molar-refractivity contribution >= 4 is 5.78 Å². The molecular weight excluding hydrogens is 951 g/mol. The second-order valence-electron chi connectivity index (χ2n) is 27.5. The standard InChI is InChI=1S/C61H95N3O11/c1-4-9-36-12-14-40-46(16-13-36)75-54-49(40)43(67)11-7-24-61(54,74)55(3,71)47-21-28-60(73)50-51(63-33-35(2)66)52(70)41-30-44(68)45(69)32-57(41)31-37(39-15-17-48(62)64-42(39)10-8-29-65)18-27-58(72,53(50)57)34-59(47,60)38-19-25-56(26-20-38)22-5-6-23-56/h15,17-18,27,35-38,40-41,43-49,53-54,63-69,71-74H,4-14,16,19-26,28-34,62H2,1-3H3/t35-,36+,37+,40+,41-,43-,44+,45-,46+,47+,48?,49+,53-,54+,55+,57-,58+,59-,60+,61+/m0/s1. The van der Waals surface area contributed by atoms with Crippen LogP contribution in [0.25, 0.3) is 0 Å². The van der Waals surface area contributed by atoms with E-state index in [1.807, 2.05) is 24.3 Å². The molecule has 13 N–H and O–H groups in total. The predicted octanol–water partition coefficient (Wildman–Crippen LogP) is 5.60. The first-order valence-corrected chi connectivity index (χ1v) is 30.2. The highest BCUT2D eigenvalue weighted by Gasteiger charge is 2.80. The summed E-state index contributed by atoms with van der Waals surface area (Å²) in [6.45, 7) is 5.59. The number of aliphatic hydroxyl groups is 9. The SMILES string of the molecule is CCC[C@@H]1CC[C@H]2[C@H]3[C@@H](O[C@@H]2CC1)[C@@](O)([C@](C)(O)[C@H]1CC[C@@]2(O)C4=C(NC[C@H](C)O)C(=O)[C@@H]5C[C@@H](O)[C@@H](O)C[C@@]56C[C@H](C5=C(CCCO)NC(N)C=C5)C=C[C@@](O)(C[C@]12C1CCC2(CCCC2)CC1)[C@@H]46)CCC[C@@H]3O. The van der Waals surface area contributed by atoms with Crippen molar-refractivity contribution in [2.24, 2.45) is 69.3 Å². The lowest BCUT2D eigenvalue weighted by Gasteiger charge is -2.69. The molecule has 14 heteroatoms.